The second-order valence-corrected chi connectivity index (χ2v) is 10.1. The van der Waals surface area contributed by atoms with E-state index >= 15 is 0 Å². The van der Waals surface area contributed by atoms with Gasteiger partial charge in [-0.25, -0.2) is 8.42 Å². The highest BCUT2D eigenvalue weighted by atomic mass is 32.2. The summed E-state index contributed by atoms with van der Waals surface area (Å²) in [4.78, 5) is 10.7. The van der Waals surface area contributed by atoms with Gasteiger partial charge in [0.05, 0.1) is 18.6 Å². The topological polar surface area (TPSA) is 78.9 Å². The number of sulfone groups is 1. The minimum atomic E-state index is -3.29. The first-order valence-corrected chi connectivity index (χ1v) is 13.0. The van der Waals surface area contributed by atoms with Crippen LogP contribution in [0.5, 0.6) is 23.0 Å². The summed E-state index contributed by atoms with van der Waals surface area (Å²) < 4.78 is 41.2. The molecule has 0 aliphatic rings. The van der Waals surface area contributed by atoms with E-state index in [2.05, 4.69) is 0 Å². The molecular weight excluding hydrogens is 464 g/mol. The third-order valence-corrected chi connectivity index (χ3v) is 6.68. The Bertz CT molecular complexity index is 1430. The monoisotopic (exact) mass is 490 g/mol. The fraction of sp³-hybridized carbons (Fsp3) is 0.179. The van der Waals surface area contributed by atoms with Crippen LogP contribution in [0.1, 0.15) is 12.8 Å². The first kappa shape index (κ1) is 24.3. The van der Waals surface area contributed by atoms with Crippen molar-refractivity contribution in [2.24, 2.45) is 0 Å². The molecule has 0 aliphatic heterocycles. The van der Waals surface area contributed by atoms with Crippen LogP contribution in [0.15, 0.2) is 83.8 Å². The molecule has 0 fully saturated rings. The third kappa shape index (κ3) is 5.81. The summed E-state index contributed by atoms with van der Waals surface area (Å²) in [5.41, 5.74) is 1.66. The molecule has 6 nitrogen and oxygen atoms in total. The second-order valence-electron chi connectivity index (χ2n) is 8.06. The van der Waals surface area contributed by atoms with Crippen LogP contribution in [0, 0.1) is 0 Å². The average Bonchev–Trinajstić information content (AvgIpc) is 2.87. The van der Waals surface area contributed by atoms with Crippen LogP contribution < -0.4 is 14.2 Å². The number of unbranched alkanes of at least 4 members (excludes halogenated alkanes) is 1. The van der Waals surface area contributed by atoms with Crippen molar-refractivity contribution in [1.82, 2.24) is 0 Å². The zero-order valence-electron chi connectivity index (χ0n) is 19.6. The first-order valence-electron chi connectivity index (χ1n) is 11.1. The van der Waals surface area contributed by atoms with Gasteiger partial charge in [-0.3, -0.25) is 0 Å². The Hall–Kier alpha value is -3.84. The highest BCUT2D eigenvalue weighted by molar-refractivity contribution is 7.90. The number of ether oxygens (including phenoxy) is 3. The van der Waals surface area contributed by atoms with E-state index in [-0.39, 0.29) is 4.90 Å². The number of aldehydes is 1. The molecule has 0 unspecified atom stereocenters. The van der Waals surface area contributed by atoms with Gasteiger partial charge in [-0.15, -0.1) is 0 Å². The molecule has 0 N–H and O–H groups in total. The van der Waals surface area contributed by atoms with Gasteiger partial charge in [0.25, 0.3) is 0 Å². The Morgan fingerprint density at radius 1 is 0.829 bits per heavy atom. The molecule has 0 amide bonds. The molecule has 0 atom stereocenters. The van der Waals surface area contributed by atoms with Gasteiger partial charge >= 0.3 is 0 Å². The smallest absolute Gasteiger partial charge is 0.175 e. The van der Waals surface area contributed by atoms with Crippen molar-refractivity contribution in [2.45, 2.75) is 17.7 Å². The van der Waals surface area contributed by atoms with Gasteiger partial charge in [-0.05, 0) is 78.0 Å². The fourth-order valence-electron chi connectivity index (χ4n) is 3.70. The van der Waals surface area contributed by atoms with Crippen molar-refractivity contribution in [3.63, 3.8) is 0 Å². The van der Waals surface area contributed by atoms with E-state index in [1.54, 1.807) is 31.4 Å². The molecule has 0 aromatic heterocycles. The highest BCUT2D eigenvalue weighted by Crippen LogP contribution is 2.41. The van der Waals surface area contributed by atoms with E-state index in [4.69, 9.17) is 14.2 Å². The predicted molar refractivity (Wildman–Crippen MR) is 136 cm³/mol. The highest BCUT2D eigenvalue weighted by Gasteiger charge is 2.15. The molecule has 4 aromatic rings. The molecule has 0 heterocycles. The van der Waals surface area contributed by atoms with Gasteiger partial charge in [-0.1, -0.05) is 18.2 Å². The van der Waals surface area contributed by atoms with E-state index in [0.29, 0.717) is 36.7 Å². The Kier molecular flexibility index (Phi) is 7.36. The first-order chi connectivity index (χ1) is 16.9. The van der Waals surface area contributed by atoms with Crippen molar-refractivity contribution < 1.29 is 27.4 Å². The van der Waals surface area contributed by atoms with Crippen LogP contribution in [0.2, 0.25) is 0 Å². The zero-order valence-corrected chi connectivity index (χ0v) is 20.4. The summed E-state index contributed by atoms with van der Waals surface area (Å²) in [7, 11) is -1.67. The number of rotatable bonds is 10. The van der Waals surface area contributed by atoms with Crippen molar-refractivity contribution >= 4 is 26.9 Å². The second kappa shape index (κ2) is 10.6. The largest absolute Gasteiger partial charge is 0.497 e. The summed E-state index contributed by atoms with van der Waals surface area (Å²) in [5, 5.41) is 1.84. The van der Waals surface area contributed by atoms with E-state index < -0.39 is 9.84 Å². The van der Waals surface area contributed by atoms with E-state index in [0.717, 1.165) is 33.9 Å². The fourth-order valence-corrected chi connectivity index (χ4v) is 4.33. The van der Waals surface area contributed by atoms with E-state index in [1.165, 1.54) is 6.26 Å². The van der Waals surface area contributed by atoms with Crippen molar-refractivity contribution in [3.05, 3.63) is 78.9 Å². The number of carbonyl (C=O) groups is 1. The van der Waals surface area contributed by atoms with E-state index in [9.17, 15) is 13.2 Å². The summed E-state index contributed by atoms with van der Waals surface area (Å²) >= 11 is 0. The summed E-state index contributed by atoms with van der Waals surface area (Å²) in [6, 6.07) is 23.8. The Morgan fingerprint density at radius 2 is 1.51 bits per heavy atom. The number of carbonyl (C=O) groups excluding carboxylic acids is 1. The summed E-state index contributed by atoms with van der Waals surface area (Å²) in [6.07, 6.45) is 3.21. The minimum Gasteiger partial charge on any atom is -0.497 e. The van der Waals surface area contributed by atoms with Gasteiger partial charge in [0, 0.05) is 23.6 Å². The van der Waals surface area contributed by atoms with Crippen LogP contribution in [-0.4, -0.2) is 34.7 Å². The molecule has 180 valence electrons. The molecule has 0 spiro atoms. The Balaban J connectivity index is 1.71. The third-order valence-electron chi connectivity index (χ3n) is 5.55. The standard InChI is InChI=1S/C28H26O6S/c1-32-24-12-16-27-21(19-24)7-15-26(20-5-13-25(14-6-20)35(2,30)31)28(27)34-23-10-8-22(9-11-23)33-18-4-3-17-29/h5-17,19H,3-4,18H2,1-2H3. The van der Waals surface area contributed by atoms with Gasteiger partial charge in [-0.2, -0.15) is 0 Å². The predicted octanol–water partition coefficient (Wildman–Crippen LogP) is 6.07. The van der Waals surface area contributed by atoms with Gasteiger partial charge < -0.3 is 19.0 Å². The number of hydrogen-bond donors (Lipinski definition) is 0. The van der Waals surface area contributed by atoms with Crippen LogP contribution in [0.3, 0.4) is 0 Å². The molecule has 4 aromatic carbocycles. The Morgan fingerprint density at radius 3 is 2.17 bits per heavy atom. The molecule has 0 aliphatic carbocycles. The van der Waals surface area contributed by atoms with Crippen LogP contribution in [-0.2, 0) is 14.6 Å². The summed E-state index contributed by atoms with van der Waals surface area (Å²) in [6.45, 7) is 0.470. The lowest BCUT2D eigenvalue weighted by Gasteiger charge is -2.16. The molecule has 0 saturated heterocycles. The molecule has 0 bridgehead atoms. The van der Waals surface area contributed by atoms with E-state index in [1.807, 2.05) is 54.6 Å². The average molecular weight is 491 g/mol. The molecule has 35 heavy (non-hydrogen) atoms. The maximum absolute atomic E-state index is 11.9. The number of benzene rings is 4. The molecule has 0 radical (unpaired) electrons. The Labute approximate surface area is 205 Å². The quantitative estimate of drug-likeness (QED) is 0.198. The molecule has 4 rings (SSSR count). The molecular formula is C28H26O6S. The SMILES string of the molecule is COc1ccc2c(Oc3ccc(OCCCC=O)cc3)c(-c3ccc(S(C)(=O)=O)cc3)ccc2c1. The van der Waals surface area contributed by atoms with Crippen LogP contribution in [0.4, 0.5) is 0 Å². The van der Waals surface area contributed by atoms with Crippen molar-refractivity contribution in [2.75, 3.05) is 20.0 Å². The van der Waals surface area contributed by atoms with Crippen molar-refractivity contribution in [3.8, 4) is 34.1 Å². The van der Waals surface area contributed by atoms with Gasteiger partial charge in [0.2, 0.25) is 0 Å². The van der Waals surface area contributed by atoms with Crippen LogP contribution >= 0.6 is 0 Å². The molecule has 0 saturated carbocycles. The lowest BCUT2D eigenvalue weighted by atomic mass is 9.99. The minimum absolute atomic E-state index is 0.262. The zero-order chi connectivity index (χ0) is 24.8. The summed E-state index contributed by atoms with van der Waals surface area (Å²) in [5.74, 6) is 2.71. The van der Waals surface area contributed by atoms with Crippen molar-refractivity contribution in [1.29, 1.82) is 0 Å². The number of methoxy groups -OCH3 is 1. The lowest BCUT2D eigenvalue weighted by molar-refractivity contribution is -0.108. The molecule has 7 heteroatoms. The normalized spacial score (nSPS) is 11.3. The maximum atomic E-state index is 11.9. The van der Waals surface area contributed by atoms with Crippen LogP contribution in [0.25, 0.3) is 21.9 Å². The number of hydrogen-bond acceptors (Lipinski definition) is 6. The van der Waals surface area contributed by atoms with Gasteiger partial charge in [0.15, 0.2) is 9.84 Å². The number of fused-ring (bicyclic) bond motifs is 1. The van der Waals surface area contributed by atoms with Gasteiger partial charge in [0.1, 0.15) is 29.3 Å². The maximum Gasteiger partial charge on any atom is 0.175 e. The lowest BCUT2D eigenvalue weighted by Crippen LogP contribution is -1.97.